The van der Waals surface area contributed by atoms with Gasteiger partial charge in [-0.05, 0) is 31.0 Å². The molecule has 23 heavy (non-hydrogen) atoms. The fraction of sp³-hybridized carbons (Fsp3) is 0.412. The summed E-state index contributed by atoms with van der Waals surface area (Å²) >= 11 is 0. The predicted octanol–water partition coefficient (Wildman–Crippen LogP) is 1.73. The summed E-state index contributed by atoms with van der Waals surface area (Å²) in [6, 6.07) is 11.7. The average Bonchev–Trinajstić information content (AvgIpc) is 3.35. The highest BCUT2D eigenvalue weighted by atomic mass is 16.5. The summed E-state index contributed by atoms with van der Waals surface area (Å²) in [6.07, 6.45) is 2.33. The zero-order chi connectivity index (χ0) is 15.6. The molecule has 0 unspecified atom stereocenters. The number of rotatable bonds is 4. The first-order chi connectivity index (χ1) is 11.3. The molecule has 4 rings (SSSR count). The first kappa shape index (κ1) is 14.4. The van der Waals surface area contributed by atoms with E-state index in [9.17, 15) is 4.79 Å². The minimum atomic E-state index is -0.116. The predicted molar refractivity (Wildman–Crippen MR) is 85.4 cm³/mol. The highest BCUT2D eigenvalue weighted by Gasteiger charge is 2.29. The number of hydrogen-bond donors (Lipinski definition) is 1. The molecule has 1 amide bonds. The standard InChI is InChI=1S/C17H20N4O2/c22-17(19-20-8-10-23-11-9-20)16-12-15(13-6-7-13)18-21(16)14-4-2-1-3-5-14/h1-5,12-13H,6-11H2,(H,19,22). The Labute approximate surface area is 135 Å². The molecule has 1 saturated heterocycles. The zero-order valence-corrected chi connectivity index (χ0v) is 12.9. The van der Waals surface area contributed by atoms with Crippen LogP contribution in [0, 0.1) is 0 Å². The van der Waals surface area contributed by atoms with Gasteiger partial charge in [-0.25, -0.2) is 9.69 Å². The first-order valence-electron chi connectivity index (χ1n) is 8.10. The Kier molecular flexibility index (Phi) is 3.85. The van der Waals surface area contributed by atoms with Crippen LogP contribution < -0.4 is 5.43 Å². The van der Waals surface area contributed by atoms with Gasteiger partial charge in [0.05, 0.1) is 24.6 Å². The fourth-order valence-corrected chi connectivity index (χ4v) is 2.78. The van der Waals surface area contributed by atoms with Crippen LogP contribution in [0.2, 0.25) is 0 Å². The van der Waals surface area contributed by atoms with Gasteiger partial charge in [0.2, 0.25) is 0 Å². The zero-order valence-electron chi connectivity index (χ0n) is 12.9. The van der Waals surface area contributed by atoms with Gasteiger partial charge in [-0.2, -0.15) is 5.10 Å². The molecule has 2 fully saturated rings. The molecule has 1 aliphatic heterocycles. The van der Waals surface area contributed by atoms with Crippen LogP contribution in [0.15, 0.2) is 36.4 Å². The number of nitrogens with zero attached hydrogens (tertiary/aromatic N) is 3. The number of para-hydroxylation sites is 1. The van der Waals surface area contributed by atoms with Crippen LogP contribution in [0.5, 0.6) is 0 Å². The van der Waals surface area contributed by atoms with Crippen molar-refractivity contribution in [3.05, 3.63) is 47.8 Å². The number of hydrogen-bond acceptors (Lipinski definition) is 4. The molecule has 1 aliphatic carbocycles. The van der Waals surface area contributed by atoms with E-state index in [0.29, 0.717) is 37.9 Å². The van der Waals surface area contributed by atoms with Gasteiger partial charge in [0.15, 0.2) is 0 Å². The topological polar surface area (TPSA) is 59.4 Å². The van der Waals surface area contributed by atoms with Gasteiger partial charge in [0.25, 0.3) is 5.91 Å². The van der Waals surface area contributed by atoms with Crippen LogP contribution in [0.3, 0.4) is 0 Å². The van der Waals surface area contributed by atoms with Crippen LogP contribution in [0.1, 0.15) is 34.9 Å². The number of carbonyl (C=O) groups excluding carboxylic acids is 1. The van der Waals surface area contributed by atoms with Gasteiger partial charge in [0, 0.05) is 19.0 Å². The molecule has 0 bridgehead atoms. The highest BCUT2D eigenvalue weighted by molar-refractivity contribution is 5.93. The monoisotopic (exact) mass is 312 g/mol. The van der Waals surface area contributed by atoms with E-state index in [1.165, 1.54) is 0 Å². The summed E-state index contributed by atoms with van der Waals surface area (Å²) in [5.74, 6) is 0.394. The summed E-state index contributed by atoms with van der Waals surface area (Å²) in [5, 5.41) is 6.58. The molecule has 0 radical (unpaired) electrons. The van der Waals surface area contributed by atoms with Crippen LogP contribution in [-0.4, -0.2) is 47.0 Å². The Hall–Kier alpha value is -2.18. The Morgan fingerprint density at radius 1 is 1.17 bits per heavy atom. The third-order valence-electron chi connectivity index (χ3n) is 4.23. The number of morpholine rings is 1. The summed E-state index contributed by atoms with van der Waals surface area (Å²) in [5.41, 5.74) is 5.48. The molecule has 1 saturated carbocycles. The number of aromatic nitrogens is 2. The van der Waals surface area contributed by atoms with Crippen molar-refractivity contribution < 1.29 is 9.53 Å². The normalized spacial score (nSPS) is 18.8. The Balaban J connectivity index is 1.62. The van der Waals surface area contributed by atoms with Crippen molar-refractivity contribution >= 4 is 5.91 Å². The maximum absolute atomic E-state index is 12.7. The molecule has 1 aromatic heterocycles. The van der Waals surface area contributed by atoms with Crippen molar-refractivity contribution in [3.8, 4) is 5.69 Å². The summed E-state index contributed by atoms with van der Waals surface area (Å²) in [4.78, 5) is 12.7. The Morgan fingerprint density at radius 2 is 1.91 bits per heavy atom. The third kappa shape index (κ3) is 3.13. The quantitative estimate of drug-likeness (QED) is 0.934. The van der Waals surface area contributed by atoms with Crippen molar-refractivity contribution in [1.82, 2.24) is 20.2 Å². The minimum absolute atomic E-state index is 0.116. The second-order valence-corrected chi connectivity index (χ2v) is 6.02. The van der Waals surface area contributed by atoms with Crippen LogP contribution >= 0.6 is 0 Å². The summed E-state index contributed by atoms with van der Waals surface area (Å²) in [7, 11) is 0. The maximum Gasteiger partial charge on any atom is 0.284 e. The number of amides is 1. The van der Waals surface area contributed by atoms with E-state index in [2.05, 4.69) is 10.5 Å². The maximum atomic E-state index is 12.7. The molecular weight excluding hydrogens is 292 g/mol. The molecule has 2 aliphatic rings. The van der Waals surface area contributed by atoms with Crippen molar-refractivity contribution in [2.24, 2.45) is 0 Å². The smallest absolute Gasteiger partial charge is 0.284 e. The molecule has 2 heterocycles. The number of nitrogens with one attached hydrogen (secondary N) is 1. The molecule has 1 aromatic carbocycles. The van der Waals surface area contributed by atoms with E-state index in [1.807, 2.05) is 41.4 Å². The minimum Gasteiger partial charge on any atom is -0.379 e. The van der Waals surface area contributed by atoms with Crippen molar-refractivity contribution in [2.45, 2.75) is 18.8 Å². The molecule has 0 atom stereocenters. The van der Waals surface area contributed by atoms with Gasteiger partial charge < -0.3 is 4.74 Å². The SMILES string of the molecule is O=C(NN1CCOCC1)c1cc(C2CC2)nn1-c1ccccc1. The Bertz CT molecular complexity index is 688. The lowest BCUT2D eigenvalue weighted by Crippen LogP contribution is -2.48. The first-order valence-corrected chi connectivity index (χ1v) is 8.10. The van der Waals surface area contributed by atoms with E-state index in [-0.39, 0.29) is 5.91 Å². The molecule has 1 N–H and O–H groups in total. The third-order valence-corrected chi connectivity index (χ3v) is 4.23. The number of carbonyl (C=O) groups is 1. The van der Waals surface area contributed by atoms with Crippen molar-refractivity contribution in [2.75, 3.05) is 26.3 Å². The number of ether oxygens (including phenoxy) is 1. The molecule has 0 spiro atoms. The van der Waals surface area contributed by atoms with Gasteiger partial charge in [0.1, 0.15) is 5.69 Å². The van der Waals surface area contributed by atoms with Gasteiger partial charge in [-0.1, -0.05) is 18.2 Å². The van der Waals surface area contributed by atoms with E-state index < -0.39 is 0 Å². The van der Waals surface area contributed by atoms with Gasteiger partial charge in [-0.3, -0.25) is 10.2 Å². The van der Waals surface area contributed by atoms with Crippen molar-refractivity contribution in [1.29, 1.82) is 0 Å². The summed E-state index contributed by atoms with van der Waals surface area (Å²) < 4.78 is 7.07. The van der Waals surface area contributed by atoms with Gasteiger partial charge in [-0.15, -0.1) is 0 Å². The van der Waals surface area contributed by atoms with E-state index in [0.717, 1.165) is 24.2 Å². The number of benzene rings is 1. The van der Waals surface area contributed by atoms with Gasteiger partial charge >= 0.3 is 0 Å². The van der Waals surface area contributed by atoms with E-state index in [1.54, 1.807) is 4.68 Å². The number of hydrazine groups is 1. The van der Waals surface area contributed by atoms with Crippen LogP contribution in [-0.2, 0) is 4.74 Å². The van der Waals surface area contributed by atoms with Crippen molar-refractivity contribution in [3.63, 3.8) is 0 Å². The van der Waals surface area contributed by atoms with Crippen LogP contribution in [0.4, 0.5) is 0 Å². The molecule has 2 aromatic rings. The van der Waals surface area contributed by atoms with Crippen LogP contribution in [0.25, 0.3) is 5.69 Å². The van der Waals surface area contributed by atoms with E-state index >= 15 is 0 Å². The molecule has 6 heteroatoms. The molecule has 6 nitrogen and oxygen atoms in total. The largest absolute Gasteiger partial charge is 0.379 e. The Morgan fingerprint density at radius 3 is 2.61 bits per heavy atom. The highest BCUT2D eigenvalue weighted by Crippen LogP contribution is 2.39. The second kappa shape index (κ2) is 6.14. The second-order valence-electron chi connectivity index (χ2n) is 6.02. The lowest BCUT2D eigenvalue weighted by atomic mass is 10.2. The molecule has 120 valence electrons. The average molecular weight is 312 g/mol. The van der Waals surface area contributed by atoms with E-state index in [4.69, 9.17) is 4.74 Å². The molecular formula is C17H20N4O2. The lowest BCUT2D eigenvalue weighted by molar-refractivity contribution is 0.0124. The lowest BCUT2D eigenvalue weighted by Gasteiger charge is -2.26. The summed E-state index contributed by atoms with van der Waals surface area (Å²) in [6.45, 7) is 2.71. The fourth-order valence-electron chi connectivity index (χ4n) is 2.78.